The molecule has 4 rings (SSSR count). The van der Waals surface area contributed by atoms with Crippen LogP contribution in [0.2, 0.25) is 0 Å². The van der Waals surface area contributed by atoms with Gasteiger partial charge in [0.1, 0.15) is 0 Å². The van der Waals surface area contributed by atoms with Crippen molar-refractivity contribution in [2.45, 2.75) is 27.2 Å². The molecular weight excluding hydrogens is 427 g/mol. The molecule has 0 amide bonds. The molecule has 0 fully saturated rings. The second-order valence-electron chi connectivity index (χ2n) is 5.64. The zero-order valence-corrected chi connectivity index (χ0v) is 16.6. The lowest BCUT2D eigenvalue weighted by Crippen LogP contribution is -2.08. The number of thiazole rings is 1. The van der Waals surface area contributed by atoms with Crippen LogP contribution in [0, 0.1) is 0 Å². The summed E-state index contributed by atoms with van der Waals surface area (Å²) < 4.78 is 46.7. The van der Waals surface area contributed by atoms with Crippen molar-refractivity contribution >= 4 is 45.1 Å². The van der Waals surface area contributed by atoms with E-state index in [1.165, 1.54) is 23.9 Å². The highest BCUT2D eigenvalue weighted by molar-refractivity contribution is 8.00. The monoisotopic (exact) mass is 439 g/mol. The lowest BCUT2D eigenvalue weighted by atomic mass is 10.1. The first-order valence-corrected chi connectivity index (χ1v) is 10.9. The third-order valence-electron chi connectivity index (χ3n) is 3.72. The maximum Gasteiger partial charge on any atom is 0.416 e. The smallest absolute Gasteiger partial charge is 0.415 e. The summed E-state index contributed by atoms with van der Waals surface area (Å²) in [7, 11) is 0. The number of para-hydroxylation sites is 1. The van der Waals surface area contributed by atoms with Gasteiger partial charge in [-0.05, 0) is 23.8 Å². The molecule has 10 heteroatoms. The molecular formula is C18H12F3N3OS3. The lowest BCUT2D eigenvalue weighted by Gasteiger charge is -2.11. The molecule has 0 unspecified atom stereocenters. The molecule has 4 nitrogen and oxygen atoms in total. The van der Waals surface area contributed by atoms with Crippen LogP contribution in [0.5, 0.6) is 0 Å². The van der Waals surface area contributed by atoms with Crippen molar-refractivity contribution in [2.24, 2.45) is 0 Å². The van der Waals surface area contributed by atoms with Crippen molar-refractivity contribution in [3.05, 3.63) is 65.5 Å². The first-order valence-electron chi connectivity index (χ1n) is 8.08. The van der Waals surface area contributed by atoms with Gasteiger partial charge in [0.05, 0.1) is 21.5 Å². The van der Waals surface area contributed by atoms with Crippen molar-refractivity contribution in [2.75, 3.05) is 0 Å². The number of benzene rings is 2. The maximum absolute atomic E-state index is 13.0. The number of nitrogens with zero attached hydrogens (tertiary/aromatic N) is 3. The van der Waals surface area contributed by atoms with Gasteiger partial charge in [-0.2, -0.15) is 13.2 Å². The first kappa shape index (κ1) is 19.3. The number of aromatic nitrogens is 3. The van der Waals surface area contributed by atoms with Crippen molar-refractivity contribution in [3.8, 4) is 0 Å². The van der Waals surface area contributed by atoms with Crippen LogP contribution in [-0.4, -0.2) is 15.2 Å². The zero-order chi connectivity index (χ0) is 19.6. The van der Waals surface area contributed by atoms with Crippen molar-refractivity contribution in [1.29, 1.82) is 0 Å². The highest BCUT2D eigenvalue weighted by Crippen LogP contribution is 2.35. The summed E-state index contributed by atoms with van der Waals surface area (Å²) in [5.74, 6) is 0.963. The summed E-state index contributed by atoms with van der Waals surface area (Å²) in [5.41, 5.74) is 0.484. The van der Waals surface area contributed by atoms with E-state index in [1.807, 2.05) is 24.3 Å². The van der Waals surface area contributed by atoms with Crippen molar-refractivity contribution in [3.63, 3.8) is 0 Å². The Balaban J connectivity index is 1.37. The number of alkyl halides is 3. The number of fused-ring (bicyclic) bond motifs is 1. The van der Waals surface area contributed by atoms with Gasteiger partial charge in [0.25, 0.3) is 5.22 Å². The topological polar surface area (TPSA) is 51.8 Å². The van der Waals surface area contributed by atoms with Gasteiger partial charge in [-0.3, -0.25) is 0 Å². The van der Waals surface area contributed by atoms with E-state index in [2.05, 4.69) is 15.2 Å². The van der Waals surface area contributed by atoms with E-state index in [-0.39, 0.29) is 16.5 Å². The minimum absolute atomic E-state index is 0.0995. The Morgan fingerprint density at radius 2 is 1.71 bits per heavy atom. The van der Waals surface area contributed by atoms with Crippen LogP contribution in [0.25, 0.3) is 10.2 Å². The van der Waals surface area contributed by atoms with Crippen LogP contribution in [0.3, 0.4) is 0 Å². The normalized spacial score (nSPS) is 12.0. The Labute approximate surface area is 170 Å². The molecule has 0 aliphatic heterocycles. The molecule has 0 aliphatic carbocycles. The maximum atomic E-state index is 13.0. The molecule has 4 aromatic rings. The number of hydrogen-bond donors (Lipinski definition) is 0. The number of thioether (sulfide) groups is 2. The van der Waals surface area contributed by atoms with Crippen molar-refractivity contribution < 1.29 is 17.6 Å². The Morgan fingerprint density at radius 1 is 0.929 bits per heavy atom. The van der Waals surface area contributed by atoms with Crippen LogP contribution in [-0.2, 0) is 17.7 Å². The fourth-order valence-electron chi connectivity index (χ4n) is 2.45. The molecule has 0 spiro atoms. The van der Waals surface area contributed by atoms with Crippen LogP contribution in [0.1, 0.15) is 17.0 Å². The summed E-state index contributed by atoms with van der Waals surface area (Å²) in [4.78, 5) is 4.52. The minimum atomic E-state index is -4.38. The summed E-state index contributed by atoms with van der Waals surface area (Å²) in [5, 5.41) is 8.12. The van der Waals surface area contributed by atoms with Gasteiger partial charge in [-0.1, -0.05) is 53.9 Å². The van der Waals surface area contributed by atoms with E-state index in [0.717, 1.165) is 32.4 Å². The SMILES string of the molecule is FC(F)(F)c1ccccc1CSc1nnc(CSc2nc3ccccc3s2)o1. The third kappa shape index (κ3) is 4.50. The largest absolute Gasteiger partial charge is 0.416 e. The Kier molecular flexibility index (Phi) is 5.61. The second kappa shape index (κ2) is 8.14. The molecule has 144 valence electrons. The Morgan fingerprint density at radius 3 is 2.54 bits per heavy atom. The predicted octanol–water partition coefficient (Wildman–Crippen LogP) is 6.28. The van der Waals surface area contributed by atoms with Gasteiger partial charge in [-0.25, -0.2) is 4.98 Å². The third-order valence-corrected chi connectivity index (χ3v) is 6.75. The summed E-state index contributed by atoms with van der Waals surface area (Å²) in [6.45, 7) is 0. The van der Waals surface area contributed by atoms with E-state index in [9.17, 15) is 13.2 Å². The molecule has 0 atom stereocenters. The number of rotatable bonds is 6. The van der Waals surface area contributed by atoms with Crippen LogP contribution in [0.4, 0.5) is 13.2 Å². The van der Waals surface area contributed by atoms with Gasteiger partial charge in [0, 0.05) is 5.75 Å². The quantitative estimate of drug-likeness (QED) is 0.330. The lowest BCUT2D eigenvalue weighted by molar-refractivity contribution is -0.138. The van der Waals surface area contributed by atoms with E-state index >= 15 is 0 Å². The number of halogens is 3. The van der Waals surface area contributed by atoms with Crippen LogP contribution < -0.4 is 0 Å². The first-order chi connectivity index (χ1) is 13.5. The average Bonchev–Trinajstić information content (AvgIpc) is 3.30. The number of hydrogen-bond acceptors (Lipinski definition) is 7. The molecule has 0 bridgehead atoms. The predicted molar refractivity (Wildman–Crippen MR) is 104 cm³/mol. The second-order valence-corrected chi connectivity index (χ2v) is 8.82. The zero-order valence-electron chi connectivity index (χ0n) is 14.1. The highest BCUT2D eigenvalue weighted by atomic mass is 32.2. The van der Waals surface area contributed by atoms with Gasteiger partial charge in [0.15, 0.2) is 4.34 Å². The molecule has 0 aliphatic rings. The van der Waals surface area contributed by atoms with Crippen LogP contribution >= 0.6 is 34.9 Å². The van der Waals surface area contributed by atoms with Gasteiger partial charge < -0.3 is 4.42 Å². The van der Waals surface area contributed by atoms with Gasteiger partial charge in [0.2, 0.25) is 5.89 Å². The molecule has 0 N–H and O–H groups in total. The Hall–Kier alpha value is -2.04. The molecule has 2 aromatic carbocycles. The molecule has 0 saturated heterocycles. The molecule has 0 saturated carbocycles. The molecule has 28 heavy (non-hydrogen) atoms. The van der Waals surface area contributed by atoms with E-state index in [1.54, 1.807) is 17.4 Å². The molecule has 2 aromatic heterocycles. The standard InChI is InChI=1S/C18H12F3N3OS3/c19-18(20,21)12-6-2-1-5-11(12)9-26-16-24-23-15(25-16)10-27-17-22-13-7-3-4-8-14(13)28-17/h1-8H,9-10H2. The highest BCUT2D eigenvalue weighted by Gasteiger charge is 2.32. The van der Waals surface area contributed by atoms with Gasteiger partial charge in [-0.15, -0.1) is 21.5 Å². The summed E-state index contributed by atoms with van der Waals surface area (Å²) >= 11 is 4.16. The van der Waals surface area contributed by atoms with E-state index < -0.39 is 11.7 Å². The average molecular weight is 440 g/mol. The van der Waals surface area contributed by atoms with Gasteiger partial charge >= 0.3 is 6.18 Å². The molecule has 0 radical (unpaired) electrons. The fraction of sp³-hybridized carbons (Fsp3) is 0.167. The Bertz CT molecular complexity index is 1060. The van der Waals surface area contributed by atoms with Crippen molar-refractivity contribution in [1.82, 2.24) is 15.2 Å². The minimum Gasteiger partial charge on any atom is -0.415 e. The fourth-order valence-corrected chi connectivity index (χ4v) is 5.14. The van der Waals surface area contributed by atoms with Crippen LogP contribution in [0.15, 0.2) is 62.5 Å². The summed E-state index contributed by atoms with van der Waals surface area (Å²) in [6, 6.07) is 13.4. The van der Waals surface area contributed by atoms with E-state index in [0.29, 0.717) is 11.6 Å². The summed E-state index contributed by atoms with van der Waals surface area (Å²) in [6.07, 6.45) is -4.38. The molecule has 2 heterocycles. The van der Waals surface area contributed by atoms with E-state index in [4.69, 9.17) is 4.42 Å².